The topological polar surface area (TPSA) is 93.2 Å². The van der Waals surface area contributed by atoms with E-state index < -0.39 is 10.0 Å². The average Bonchev–Trinajstić information content (AvgIpc) is 3.08. The molecule has 8 heteroatoms. The third kappa shape index (κ3) is 4.17. The lowest BCUT2D eigenvalue weighted by Crippen LogP contribution is -2.19. The number of ether oxygens (including phenoxy) is 1. The van der Waals surface area contributed by atoms with E-state index in [1.54, 1.807) is 30.3 Å². The Bertz CT molecular complexity index is 729. The van der Waals surface area contributed by atoms with Gasteiger partial charge in [-0.2, -0.15) is 0 Å². The molecule has 1 atom stereocenters. The Morgan fingerprint density at radius 1 is 1.09 bits per heavy atom. The van der Waals surface area contributed by atoms with Gasteiger partial charge in [0.2, 0.25) is 0 Å². The molecule has 0 saturated carbocycles. The van der Waals surface area contributed by atoms with Crippen molar-refractivity contribution in [1.82, 2.24) is 10.2 Å². The smallest absolute Gasteiger partial charge is 0.263 e. The summed E-state index contributed by atoms with van der Waals surface area (Å²) in [6.07, 6.45) is 2.32. The standard InChI is InChI=1S/C15H18N4O3S/c20-23(21,13-6-2-1-3-7-13)19-15-9-8-14(17-18-15)16-11-12-5-4-10-22-12/h1-3,6-9,12H,4-5,10-11H2,(H,16,17)(H,18,19). The first kappa shape index (κ1) is 15.7. The number of nitrogens with one attached hydrogen (secondary N) is 2. The van der Waals surface area contributed by atoms with E-state index in [4.69, 9.17) is 4.74 Å². The van der Waals surface area contributed by atoms with Crippen molar-refractivity contribution in [3.8, 4) is 0 Å². The Hall–Kier alpha value is -2.19. The summed E-state index contributed by atoms with van der Waals surface area (Å²) < 4.78 is 32.3. The second-order valence-electron chi connectivity index (χ2n) is 5.24. The lowest BCUT2D eigenvalue weighted by molar-refractivity contribution is 0.120. The highest BCUT2D eigenvalue weighted by molar-refractivity contribution is 7.92. The summed E-state index contributed by atoms with van der Waals surface area (Å²) in [4.78, 5) is 0.183. The van der Waals surface area contributed by atoms with Crippen LogP contribution >= 0.6 is 0 Å². The van der Waals surface area contributed by atoms with E-state index in [0.29, 0.717) is 12.4 Å². The molecule has 2 heterocycles. The number of benzene rings is 1. The third-order valence-corrected chi connectivity index (χ3v) is 4.86. The molecule has 23 heavy (non-hydrogen) atoms. The first-order valence-electron chi connectivity index (χ1n) is 7.40. The van der Waals surface area contributed by atoms with Gasteiger partial charge in [-0.1, -0.05) is 18.2 Å². The fourth-order valence-electron chi connectivity index (χ4n) is 2.30. The molecule has 2 aromatic rings. The van der Waals surface area contributed by atoms with E-state index in [0.717, 1.165) is 19.4 Å². The van der Waals surface area contributed by atoms with Gasteiger partial charge < -0.3 is 10.1 Å². The van der Waals surface area contributed by atoms with Crippen LogP contribution in [-0.2, 0) is 14.8 Å². The van der Waals surface area contributed by atoms with Crippen molar-refractivity contribution in [2.24, 2.45) is 0 Å². The average molecular weight is 334 g/mol. The number of sulfonamides is 1. The molecule has 1 aliphatic heterocycles. The Labute approximate surface area is 135 Å². The maximum atomic E-state index is 12.2. The zero-order chi connectivity index (χ0) is 16.1. The van der Waals surface area contributed by atoms with Crippen LogP contribution in [0.25, 0.3) is 0 Å². The van der Waals surface area contributed by atoms with Crippen LogP contribution in [0.1, 0.15) is 12.8 Å². The van der Waals surface area contributed by atoms with Crippen molar-refractivity contribution in [2.45, 2.75) is 23.8 Å². The minimum absolute atomic E-state index is 0.177. The molecule has 0 spiro atoms. The van der Waals surface area contributed by atoms with Gasteiger partial charge >= 0.3 is 0 Å². The fraction of sp³-hybridized carbons (Fsp3) is 0.333. The summed E-state index contributed by atoms with van der Waals surface area (Å²) in [6, 6.07) is 11.4. The minimum Gasteiger partial charge on any atom is -0.376 e. The largest absolute Gasteiger partial charge is 0.376 e. The minimum atomic E-state index is -3.64. The van der Waals surface area contributed by atoms with Crippen LogP contribution < -0.4 is 10.0 Å². The van der Waals surface area contributed by atoms with Gasteiger partial charge in [-0.05, 0) is 37.1 Å². The summed E-state index contributed by atoms with van der Waals surface area (Å²) in [5.41, 5.74) is 0. The molecular formula is C15H18N4O3S. The third-order valence-electron chi connectivity index (χ3n) is 3.49. The van der Waals surface area contributed by atoms with Crippen molar-refractivity contribution in [1.29, 1.82) is 0 Å². The Morgan fingerprint density at radius 3 is 2.48 bits per heavy atom. The van der Waals surface area contributed by atoms with Crippen molar-refractivity contribution in [3.05, 3.63) is 42.5 Å². The number of nitrogens with zero attached hydrogens (tertiary/aromatic N) is 2. The van der Waals surface area contributed by atoms with Gasteiger partial charge in [0.25, 0.3) is 10.0 Å². The summed E-state index contributed by atoms with van der Waals surface area (Å²) in [5.74, 6) is 0.764. The van der Waals surface area contributed by atoms with Crippen LogP contribution in [0.3, 0.4) is 0 Å². The first-order valence-corrected chi connectivity index (χ1v) is 8.89. The molecule has 3 rings (SSSR count). The summed E-state index contributed by atoms with van der Waals surface area (Å²) in [6.45, 7) is 1.47. The number of hydrogen-bond donors (Lipinski definition) is 2. The molecule has 122 valence electrons. The molecule has 0 radical (unpaired) electrons. The van der Waals surface area contributed by atoms with Crippen LogP contribution in [0.5, 0.6) is 0 Å². The van der Waals surface area contributed by atoms with Crippen LogP contribution in [0.4, 0.5) is 11.6 Å². The van der Waals surface area contributed by atoms with Crippen LogP contribution in [0, 0.1) is 0 Å². The molecule has 1 saturated heterocycles. The van der Waals surface area contributed by atoms with Crippen molar-refractivity contribution in [3.63, 3.8) is 0 Å². The summed E-state index contributed by atoms with van der Waals surface area (Å²) >= 11 is 0. The molecule has 1 unspecified atom stereocenters. The monoisotopic (exact) mass is 334 g/mol. The van der Waals surface area contributed by atoms with E-state index in [2.05, 4.69) is 20.2 Å². The van der Waals surface area contributed by atoms with Gasteiger partial charge in [-0.15, -0.1) is 10.2 Å². The maximum absolute atomic E-state index is 12.2. The van der Waals surface area contributed by atoms with E-state index in [1.807, 2.05) is 0 Å². The highest BCUT2D eigenvalue weighted by atomic mass is 32.2. The molecule has 1 fully saturated rings. The van der Waals surface area contributed by atoms with Crippen molar-refractivity contribution in [2.75, 3.05) is 23.2 Å². The predicted molar refractivity (Wildman–Crippen MR) is 86.7 cm³/mol. The number of anilines is 2. The quantitative estimate of drug-likeness (QED) is 0.838. The molecule has 7 nitrogen and oxygen atoms in total. The first-order chi connectivity index (χ1) is 11.1. The highest BCUT2D eigenvalue weighted by Gasteiger charge is 2.16. The zero-order valence-electron chi connectivity index (χ0n) is 12.5. The van der Waals surface area contributed by atoms with Crippen LogP contribution in [0.2, 0.25) is 0 Å². The molecule has 1 aromatic carbocycles. The predicted octanol–water partition coefficient (Wildman–Crippen LogP) is 1.87. The molecular weight excluding hydrogens is 316 g/mol. The lowest BCUT2D eigenvalue weighted by Gasteiger charge is -2.11. The molecule has 1 aliphatic rings. The van der Waals surface area contributed by atoms with E-state index in [1.165, 1.54) is 12.1 Å². The normalized spacial score (nSPS) is 17.8. The van der Waals surface area contributed by atoms with Gasteiger partial charge in [0.05, 0.1) is 11.0 Å². The highest BCUT2D eigenvalue weighted by Crippen LogP contribution is 2.15. The Kier molecular flexibility index (Phi) is 4.73. The fourth-order valence-corrected chi connectivity index (χ4v) is 3.32. The lowest BCUT2D eigenvalue weighted by atomic mass is 10.2. The molecule has 0 aliphatic carbocycles. The number of aromatic nitrogens is 2. The van der Waals surface area contributed by atoms with E-state index >= 15 is 0 Å². The van der Waals surface area contributed by atoms with Gasteiger partial charge in [-0.3, -0.25) is 4.72 Å². The molecule has 1 aromatic heterocycles. The molecule has 2 N–H and O–H groups in total. The van der Waals surface area contributed by atoms with Gasteiger partial charge in [0.1, 0.15) is 5.82 Å². The Morgan fingerprint density at radius 2 is 1.83 bits per heavy atom. The number of rotatable bonds is 6. The summed E-state index contributed by atoms with van der Waals surface area (Å²) in [5, 5.41) is 11.0. The zero-order valence-corrected chi connectivity index (χ0v) is 13.3. The number of hydrogen-bond acceptors (Lipinski definition) is 6. The van der Waals surface area contributed by atoms with Gasteiger partial charge in [-0.25, -0.2) is 8.42 Å². The summed E-state index contributed by atoms with van der Waals surface area (Å²) in [7, 11) is -3.64. The SMILES string of the molecule is O=S(=O)(Nc1ccc(NCC2CCCO2)nn1)c1ccccc1. The second kappa shape index (κ2) is 6.93. The van der Waals surface area contributed by atoms with E-state index in [9.17, 15) is 8.42 Å². The van der Waals surface area contributed by atoms with Crippen molar-refractivity contribution < 1.29 is 13.2 Å². The van der Waals surface area contributed by atoms with Gasteiger partial charge in [0, 0.05) is 13.2 Å². The maximum Gasteiger partial charge on any atom is 0.263 e. The molecule has 0 bridgehead atoms. The van der Waals surface area contributed by atoms with Gasteiger partial charge in [0.15, 0.2) is 5.82 Å². The Balaban J connectivity index is 1.61. The van der Waals surface area contributed by atoms with Crippen LogP contribution in [-0.4, -0.2) is 37.9 Å². The van der Waals surface area contributed by atoms with Crippen molar-refractivity contribution >= 4 is 21.7 Å². The molecule has 0 amide bonds. The second-order valence-corrected chi connectivity index (χ2v) is 6.92. The van der Waals surface area contributed by atoms with Crippen LogP contribution in [0.15, 0.2) is 47.4 Å². The van der Waals surface area contributed by atoms with E-state index in [-0.39, 0.29) is 16.8 Å².